The maximum Gasteiger partial charge on any atom is 0.265 e. The highest BCUT2D eigenvalue weighted by atomic mass is 32.2. The SMILES string of the molecule is CC[C@@H]1Oc2ccc(S(=O)(=O)N3CCN(C(=O)c4ccc(C)cc4)CC3)cc2NC1=O. The van der Waals surface area contributed by atoms with E-state index in [4.69, 9.17) is 4.74 Å². The first-order valence-corrected chi connectivity index (χ1v) is 11.7. The van der Waals surface area contributed by atoms with Gasteiger partial charge in [-0.2, -0.15) is 4.31 Å². The van der Waals surface area contributed by atoms with Crippen LogP contribution in [0.1, 0.15) is 29.3 Å². The number of amides is 2. The van der Waals surface area contributed by atoms with Gasteiger partial charge in [-0.1, -0.05) is 24.6 Å². The molecule has 2 amide bonds. The first-order chi connectivity index (χ1) is 14.8. The Morgan fingerprint density at radius 3 is 2.42 bits per heavy atom. The molecule has 164 valence electrons. The summed E-state index contributed by atoms with van der Waals surface area (Å²) in [5.41, 5.74) is 2.02. The Morgan fingerprint density at radius 2 is 1.77 bits per heavy atom. The molecule has 9 heteroatoms. The molecule has 1 fully saturated rings. The van der Waals surface area contributed by atoms with Crippen molar-refractivity contribution in [3.63, 3.8) is 0 Å². The number of rotatable bonds is 4. The fourth-order valence-electron chi connectivity index (χ4n) is 3.72. The Labute approximate surface area is 181 Å². The van der Waals surface area contributed by atoms with Gasteiger partial charge in [-0.15, -0.1) is 0 Å². The zero-order chi connectivity index (χ0) is 22.2. The maximum absolute atomic E-state index is 13.1. The first kappa shape index (κ1) is 21.3. The molecule has 0 bridgehead atoms. The molecule has 0 saturated carbocycles. The van der Waals surface area contributed by atoms with E-state index in [1.165, 1.54) is 16.4 Å². The van der Waals surface area contributed by atoms with Gasteiger partial charge in [0.1, 0.15) is 5.75 Å². The van der Waals surface area contributed by atoms with Crippen LogP contribution in [0.2, 0.25) is 0 Å². The van der Waals surface area contributed by atoms with Crippen LogP contribution >= 0.6 is 0 Å². The summed E-state index contributed by atoms with van der Waals surface area (Å²) in [5, 5.41) is 2.72. The van der Waals surface area contributed by atoms with Gasteiger partial charge in [-0.3, -0.25) is 9.59 Å². The van der Waals surface area contributed by atoms with Gasteiger partial charge in [-0.05, 0) is 43.7 Å². The highest BCUT2D eigenvalue weighted by molar-refractivity contribution is 7.89. The Kier molecular flexibility index (Phi) is 5.72. The largest absolute Gasteiger partial charge is 0.478 e. The summed E-state index contributed by atoms with van der Waals surface area (Å²) in [5.74, 6) is 0.0721. The number of hydrogen-bond acceptors (Lipinski definition) is 5. The predicted octanol–water partition coefficient (Wildman–Crippen LogP) is 2.25. The van der Waals surface area contributed by atoms with Crippen molar-refractivity contribution in [2.45, 2.75) is 31.3 Å². The van der Waals surface area contributed by atoms with Crippen molar-refractivity contribution < 1.29 is 22.7 Å². The second-order valence-electron chi connectivity index (χ2n) is 7.72. The average Bonchev–Trinajstić information content (AvgIpc) is 2.78. The standard InChI is InChI=1S/C22H25N3O5S/c1-3-19-21(26)23-18-14-17(8-9-20(18)30-19)31(28,29)25-12-10-24(11-13-25)22(27)16-6-4-15(2)5-7-16/h4-9,14,19H,3,10-13H2,1-2H3,(H,23,26)/t19-/m0/s1. The van der Waals surface area contributed by atoms with E-state index in [1.54, 1.807) is 23.1 Å². The summed E-state index contributed by atoms with van der Waals surface area (Å²) in [6, 6.07) is 11.8. The minimum Gasteiger partial charge on any atom is -0.478 e. The second kappa shape index (κ2) is 8.32. The molecule has 0 unspecified atom stereocenters. The highest BCUT2D eigenvalue weighted by Crippen LogP contribution is 2.33. The third-order valence-electron chi connectivity index (χ3n) is 5.60. The van der Waals surface area contributed by atoms with E-state index in [2.05, 4.69) is 5.32 Å². The number of sulfonamides is 1. The zero-order valence-electron chi connectivity index (χ0n) is 17.5. The molecular weight excluding hydrogens is 418 g/mol. The van der Waals surface area contributed by atoms with Gasteiger partial charge in [0.05, 0.1) is 10.6 Å². The highest BCUT2D eigenvalue weighted by Gasteiger charge is 2.32. The fraction of sp³-hybridized carbons (Fsp3) is 0.364. The van der Waals surface area contributed by atoms with E-state index in [0.29, 0.717) is 36.5 Å². The summed E-state index contributed by atoms with van der Waals surface area (Å²) in [6.45, 7) is 4.84. The summed E-state index contributed by atoms with van der Waals surface area (Å²) in [4.78, 5) is 26.5. The van der Waals surface area contributed by atoms with Crippen molar-refractivity contribution in [3.8, 4) is 5.75 Å². The number of anilines is 1. The Morgan fingerprint density at radius 1 is 1.10 bits per heavy atom. The van der Waals surface area contributed by atoms with Crippen molar-refractivity contribution >= 4 is 27.5 Å². The normalized spacial score (nSPS) is 19.4. The smallest absolute Gasteiger partial charge is 0.265 e. The van der Waals surface area contributed by atoms with Gasteiger partial charge in [-0.25, -0.2) is 8.42 Å². The molecule has 2 heterocycles. The molecule has 0 spiro atoms. The van der Waals surface area contributed by atoms with E-state index in [0.717, 1.165) is 5.56 Å². The molecule has 0 aromatic heterocycles. The van der Waals surface area contributed by atoms with E-state index >= 15 is 0 Å². The number of carbonyl (C=O) groups excluding carboxylic acids is 2. The van der Waals surface area contributed by atoms with Gasteiger partial charge in [0.2, 0.25) is 10.0 Å². The van der Waals surface area contributed by atoms with Crippen LogP contribution < -0.4 is 10.1 Å². The Bertz CT molecular complexity index is 1110. The summed E-state index contributed by atoms with van der Waals surface area (Å²) < 4.78 is 33.3. The van der Waals surface area contributed by atoms with Crippen molar-refractivity contribution in [3.05, 3.63) is 53.6 Å². The molecule has 2 aliphatic heterocycles. The van der Waals surface area contributed by atoms with E-state index in [-0.39, 0.29) is 29.8 Å². The third-order valence-corrected chi connectivity index (χ3v) is 7.50. The third kappa shape index (κ3) is 4.15. The number of ether oxygens (including phenoxy) is 1. The van der Waals surface area contributed by atoms with Crippen molar-refractivity contribution in [1.82, 2.24) is 9.21 Å². The quantitative estimate of drug-likeness (QED) is 0.782. The Balaban J connectivity index is 1.46. The minimum absolute atomic E-state index is 0.0865. The molecule has 4 rings (SSSR count). The van der Waals surface area contributed by atoms with Crippen molar-refractivity contribution in [2.24, 2.45) is 0 Å². The molecule has 1 saturated heterocycles. The molecule has 0 radical (unpaired) electrons. The van der Waals surface area contributed by atoms with Crippen LogP contribution in [0, 0.1) is 6.92 Å². The van der Waals surface area contributed by atoms with E-state index < -0.39 is 16.1 Å². The van der Waals surface area contributed by atoms with Crippen molar-refractivity contribution in [1.29, 1.82) is 0 Å². The number of aryl methyl sites for hydroxylation is 1. The van der Waals surface area contributed by atoms with Crippen LogP contribution in [0.15, 0.2) is 47.4 Å². The number of nitrogens with zero attached hydrogens (tertiary/aromatic N) is 2. The number of hydrogen-bond donors (Lipinski definition) is 1. The van der Waals surface area contributed by atoms with Gasteiger partial charge in [0.25, 0.3) is 11.8 Å². The van der Waals surface area contributed by atoms with Gasteiger partial charge in [0, 0.05) is 31.7 Å². The van der Waals surface area contributed by atoms with Crippen LogP contribution in [0.25, 0.3) is 0 Å². The van der Waals surface area contributed by atoms with E-state index in [9.17, 15) is 18.0 Å². The molecule has 2 aromatic carbocycles. The lowest BCUT2D eigenvalue weighted by Gasteiger charge is -2.34. The van der Waals surface area contributed by atoms with E-state index in [1.807, 2.05) is 26.0 Å². The summed E-state index contributed by atoms with van der Waals surface area (Å²) >= 11 is 0. The number of carbonyl (C=O) groups is 2. The number of nitrogens with one attached hydrogen (secondary N) is 1. The van der Waals surface area contributed by atoms with Crippen LogP contribution in [0.4, 0.5) is 5.69 Å². The van der Waals surface area contributed by atoms with Gasteiger partial charge < -0.3 is 15.0 Å². The van der Waals surface area contributed by atoms with Gasteiger partial charge in [0.15, 0.2) is 6.10 Å². The van der Waals surface area contributed by atoms with Crippen LogP contribution in [-0.2, 0) is 14.8 Å². The molecule has 1 atom stereocenters. The number of fused-ring (bicyclic) bond motifs is 1. The lowest BCUT2D eigenvalue weighted by molar-refractivity contribution is -0.123. The molecule has 1 N–H and O–H groups in total. The number of piperazine rings is 1. The molecular formula is C22H25N3O5S. The van der Waals surface area contributed by atoms with Crippen LogP contribution in [0.5, 0.6) is 5.75 Å². The van der Waals surface area contributed by atoms with Crippen molar-refractivity contribution in [2.75, 3.05) is 31.5 Å². The Hall–Kier alpha value is -2.91. The molecule has 0 aliphatic carbocycles. The minimum atomic E-state index is -3.76. The monoisotopic (exact) mass is 443 g/mol. The summed E-state index contributed by atoms with van der Waals surface area (Å²) in [7, 11) is -3.76. The first-order valence-electron chi connectivity index (χ1n) is 10.3. The average molecular weight is 444 g/mol. The van der Waals surface area contributed by atoms with Gasteiger partial charge >= 0.3 is 0 Å². The second-order valence-corrected chi connectivity index (χ2v) is 9.66. The zero-order valence-corrected chi connectivity index (χ0v) is 18.3. The molecule has 8 nitrogen and oxygen atoms in total. The number of benzene rings is 2. The molecule has 2 aromatic rings. The predicted molar refractivity (Wildman–Crippen MR) is 116 cm³/mol. The maximum atomic E-state index is 13.1. The van der Waals surface area contributed by atoms with Crippen LogP contribution in [0.3, 0.4) is 0 Å². The fourth-order valence-corrected chi connectivity index (χ4v) is 5.17. The molecule has 2 aliphatic rings. The van der Waals surface area contributed by atoms with Crippen LogP contribution in [-0.4, -0.2) is 61.7 Å². The topological polar surface area (TPSA) is 96.0 Å². The summed E-state index contributed by atoms with van der Waals surface area (Å²) in [6.07, 6.45) is -0.0502. The lowest BCUT2D eigenvalue weighted by Crippen LogP contribution is -2.50. The molecule has 31 heavy (non-hydrogen) atoms. The lowest BCUT2D eigenvalue weighted by atomic mass is 10.1.